The van der Waals surface area contributed by atoms with Crippen molar-refractivity contribution in [2.75, 3.05) is 24.6 Å². The Bertz CT molecular complexity index is 2300. The van der Waals surface area contributed by atoms with Crippen molar-refractivity contribution in [1.29, 1.82) is 0 Å². The molecule has 9 atom stereocenters. The van der Waals surface area contributed by atoms with Crippen LogP contribution in [-0.2, 0) is 79.1 Å². The van der Waals surface area contributed by atoms with Crippen molar-refractivity contribution in [3.8, 4) is 11.8 Å². The van der Waals surface area contributed by atoms with Gasteiger partial charge in [-0.1, -0.05) is 56.5 Å². The maximum Gasteiger partial charge on any atom is 0.397 e. The number of nitrogens with zero attached hydrogens (tertiary/aromatic N) is 1. The van der Waals surface area contributed by atoms with Crippen molar-refractivity contribution in [2.45, 2.75) is 88.9 Å². The predicted octanol–water partition coefficient (Wildman–Crippen LogP) is -1.46. The van der Waals surface area contributed by atoms with Crippen molar-refractivity contribution in [3.05, 3.63) is 65.2 Å². The van der Waals surface area contributed by atoms with E-state index in [1.165, 1.54) is 11.8 Å². The number of para-hydroxylation sites is 1. The van der Waals surface area contributed by atoms with E-state index in [1.807, 2.05) is 0 Å². The Hall–Kier alpha value is -3.29. The average Bonchev–Trinajstić information content (AvgIpc) is 3.11. The summed E-state index contributed by atoms with van der Waals surface area (Å²) in [5.41, 5.74) is 2.42. The van der Waals surface area contributed by atoms with Gasteiger partial charge in [-0.25, -0.2) is 16.7 Å². The summed E-state index contributed by atoms with van der Waals surface area (Å²) in [6.07, 6.45) is -21.3. The Kier molecular flexibility index (Phi) is 18.0. The molecule has 1 fully saturated rings. The Labute approximate surface area is 346 Å². The Morgan fingerprint density at radius 2 is 1.42 bits per heavy atom. The van der Waals surface area contributed by atoms with Crippen LogP contribution in [0.5, 0.6) is 0 Å². The Morgan fingerprint density at radius 3 is 2.02 bits per heavy atom. The fraction of sp³-hybridized carbons (Fsp3) is 0.531. The minimum Gasteiger partial charge on any atom is -0.388 e. The first-order valence-corrected chi connectivity index (χ1v) is 22.5. The summed E-state index contributed by atoms with van der Waals surface area (Å²) in [6, 6.07) is 13.9. The second-order valence-electron chi connectivity index (χ2n) is 12.7. The highest BCUT2D eigenvalue weighted by Crippen LogP contribution is 2.31. The first-order valence-electron chi connectivity index (χ1n) is 17.0. The summed E-state index contributed by atoms with van der Waals surface area (Å²) in [7, 11) is -22.2. The summed E-state index contributed by atoms with van der Waals surface area (Å²) < 4.78 is 159. The molecule has 0 radical (unpaired) electrons. The molecule has 1 amide bonds. The number of nitrogens with one attached hydrogen (secondary N) is 1. The molecule has 0 spiro atoms. The molecule has 2 aromatic carbocycles. The number of aliphatic hydroxyl groups is 3. The number of carbonyl (C=O) groups excluding carboxylic acids is 1. The molecular weight excluding hydrogens is 893 g/mol. The highest BCUT2D eigenvalue weighted by atomic mass is 32.3. The van der Waals surface area contributed by atoms with E-state index < -0.39 is 116 Å². The molecule has 0 bridgehead atoms. The largest absolute Gasteiger partial charge is 0.397 e. The number of carbonyl (C=O) groups is 1. The topological polar surface area (TPSA) is 366 Å². The van der Waals surface area contributed by atoms with E-state index in [-0.39, 0.29) is 33.4 Å². The fourth-order valence-corrected chi connectivity index (χ4v) is 7.98. The van der Waals surface area contributed by atoms with Crippen molar-refractivity contribution in [1.82, 2.24) is 5.32 Å². The molecular formula is C32H44N2O22S4. The molecule has 338 valence electrons. The van der Waals surface area contributed by atoms with E-state index >= 15 is 0 Å². The van der Waals surface area contributed by atoms with Gasteiger partial charge in [0.1, 0.15) is 36.6 Å². The molecule has 2 aliphatic heterocycles. The third kappa shape index (κ3) is 15.3. The summed E-state index contributed by atoms with van der Waals surface area (Å²) in [5.74, 6) is 5.62. The molecule has 8 N–H and O–H groups in total. The maximum atomic E-state index is 13.6. The molecule has 0 aromatic heterocycles. The number of anilines is 1. The van der Waals surface area contributed by atoms with E-state index in [0.717, 1.165) is 5.56 Å². The average molecular weight is 937 g/mol. The van der Waals surface area contributed by atoms with Gasteiger partial charge in [0, 0.05) is 30.6 Å². The van der Waals surface area contributed by atoms with Gasteiger partial charge in [-0.05, 0) is 30.2 Å². The van der Waals surface area contributed by atoms with Crippen LogP contribution >= 0.6 is 0 Å². The van der Waals surface area contributed by atoms with Gasteiger partial charge in [0.2, 0.25) is 5.91 Å². The number of fused-ring (bicyclic) bond motifs is 2. The molecule has 2 aliphatic rings. The zero-order chi connectivity index (χ0) is 43.9. The van der Waals surface area contributed by atoms with Gasteiger partial charge in [0.15, 0.2) is 12.4 Å². The summed E-state index contributed by atoms with van der Waals surface area (Å²) in [4.78, 5) is 15.0. The van der Waals surface area contributed by atoms with Crippen LogP contribution in [0.3, 0.4) is 0 Å². The quantitative estimate of drug-likeness (QED) is 0.0427. The number of amides is 1. The van der Waals surface area contributed by atoms with Gasteiger partial charge in [-0.15, -0.1) is 0 Å². The number of ether oxygens (including phenoxy) is 2. The second-order valence-corrected chi connectivity index (χ2v) is 16.9. The van der Waals surface area contributed by atoms with Gasteiger partial charge in [-0.2, -0.15) is 33.7 Å². The predicted molar refractivity (Wildman–Crippen MR) is 203 cm³/mol. The maximum absolute atomic E-state index is 13.6. The lowest BCUT2D eigenvalue weighted by Crippen LogP contribution is -2.61. The first-order chi connectivity index (χ1) is 27.4. The van der Waals surface area contributed by atoms with Gasteiger partial charge in [0.25, 0.3) is 0 Å². The number of aliphatic hydroxyl groups excluding tert-OH is 3. The Balaban J connectivity index is 0.00000961. The van der Waals surface area contributed by atoms with E-state index in [4.69, 9.17) is 9.47 Å². The summed E-state index contributed by atoms with van der Waals surface area (Å²) >= 11 is 0. The molecule has 4 rings (SSSR count). The molecule has 2 aromatic rings. The van der Waals surface area contributed by atoms with Crippen LogP contribution in [0, 0.1) is 11.8 Å². The highest BCUT2D eigenvalue weighted by Gasteiger charge is 2.51. The minimum atomic E-state index is -5.66. The Morgan fingerprint density at radius 1 is 0.850 bits per heavy atom. The molecule has 0 saturated carbocycles. The van der Waals surface area contributed by atoms with E-state index in [1.54, 1.807) is 48.5 Å². The molecule has 1 saturated heterocycles. The van der Waals surface area contributed by atoms with E-state index in [9.17, 15) is 72.0 Å². The van der Waals surface area contributed by atoms with Crippen molar-refractivity contribution in [3.63, 3.8) is 0 Å². The van der Waals surface area contributed by atoms with Gasteiger partial charge < -0.3 is 35.0 Å². The van der Waals surface area contributed by atoms with Crippen LogP contribution in [-0.4, -0.2) is 148 Å². The number of hydrogen-bond donors (Lipinski definition) is 8. The third-order valence-corrected chi connectivity index (χ3v) is 10.4. The number of rotatable bonds is 20. The third-order valence-electron chi connectivity index (χ3n) is 8.53. The van der Waals surface area contributed by atoms with Gasteiger partial charge >= 0.3 is 41.6 Å². The molecule has 2 heterocycles. The second kappa shape index (κ2) is 21.2. The zero-order valence-corrected chi connectivity index (χ0v) is 33.7. The minimum absolute atomic E-state index is 0. The van der Waals surface area contributed by atoms with E-state index in [0.29, 0.717) is 16.8 Å². The smallest absolute Gasteiger partial charge is 0.388 e. The van der Waals surface area contributed by atoms with Crippen LogP contribution in [0.2, 0.25) is 0 Å². The van der Waals surface area contributed by atoms with E-state index in [2.05, 4.69) is 33.9 Å². The molecule has 1 unspecified atom stereocenters. The molecule has 0 aliphatic carbocycles. The number of benzene rings is 2. The van der Waals surface area contributed by atoms with Crippen LogP contribution in [0.25, 0.3) is 0 Å². The lowest BCUT2D eigenvalue weighted by molar-refractivity contribution is -0.293. The monoisotopic (exact) mass is 936 g/mol. The van der Waals surface area contributed by atoms with Gasteiger partial charge in [0.05, 0.1) is 24.9 Å². The lowest BCUT2D eigenvalue weighted by atomic mass is 9.97. The first kappa shape index (κ1) is 51.1. The van der Waals surface area contributed by atoms with Crippen molar-refractivity contribution in [2.24, 2.45) is 0 Å². The normalized spacial score (nSPS) is 22.9. The molecule has 28 heteroatoms. The fourth-order valence-electron chi connectivity index (χ4n) is 5.99. The lowest BCUT2D eigenvalue weighted by Gasteiger charge is -2.42. The van der Waals surface area contributed by atoms with Gasteiger partial charge in [-0.3, -0.25) is 23.0 Å². The van der Waals surface area contributed by atoms with Crippen LogP contribution < -0.4 is 10.2 Å². The summed E-state index contributed by atoms with van der Waals surface area (Å²) in [5, 5.41) is 34.9. The van der Waals surface area contributed by atoms with Crippen LogP contribution in [0.4, 0.5) is 5.69 Å². The SMILES string of the molecule is C.CC[C@H]1O[C@@H](OCC(O)[C@@H](O)[C@H](OS(=O)(=O)O)[C@@H](CNCCC(=O)N2Cc3ccccc3C#Cc3ccccc32)OS(=O)(=O)O)[C@H](OS(=O)(=O)O)[C@H](OS(=O)(=O)O)[C@@H]1O. The van der Waals surface area contributed by atoms with Crippen LogP contribution in [0.15, 0.2) is 48.5 Å². The molecule has 60 heavy (non-hydrogen) atoms. The molecule has 24 nitrogen and oxygen atoms in total. The van der Waals surface area contributed by atoms with Crippen LogP contribution in [0.1, 0.15) is 43.9 Å². The van der Waals surface area contributed by atoms with Crippen molar-refractivity contribution < 1.29 is 98.2 Å². The van der Waals surface area contributed by atoms with Crippen molar-refractivity contribution >= 4 is 53.2 Å². The highest BCUT2D eigenvalue weighted by molar-refractivity contribution is 7.81. The zero-order valence-electron chi connectivity index (χ0n) is 30.4. The standard InChI is InChI=1S/C31H40N2O22S4.CH4/c1-2-23-27(37)29(54-58(44,45)46)30(55-59(47,48)49)31(51-23)50-17-22(34)26(36)28(53-57(41,42)43)24(52-56(38,39)40)15-32-14-13-25(35)33-16-20-9-4-3-7-18(20)11-12-19-8-5-6-10-21(19)33;/h3-10,22-24,26-32,34,36-37H,2,13-17H2,1H3,(H,38,39,40)(H,41,42,43)(H,44,45,46)(H,47,48,49);1H4/t22?,23-,24-,26-,27-,28-,29-,30-,31-;/m1./s1. The summed E-state index contributed by atoms with van der Waals surface area (Å²) in [6.45, 7) is -1.03. The number of hydrogen-bond acceptors (Lipinski definition) is 19.